The number of fused-ring (bicyclic) bond motifs is 4. The van der Waals surface area contributed by atoms with Gasteiger partial charge in [0.2, 0.25) is 23.6 Å². The van der Waals surface area contributed by atoms with Crippen molar-refractivity contribution >= 4 is 52.3 Å². The number of anilines is 3. The zero-order valence-corrected chi connectivity index (χ0v) is 29.3. The number of carbonyl (C=O) groups is 4. The van der Waals surface area contributed by atoms with Crippen molar-refractivity contribution in [3.8, 4) is 5.75 Å². The van der Waals surface area contributed by atoms with Gasteiger partial charge in [0, 0.05) is 35.3 Å². The van der Waals surface area contributed by atoms with Crippen LogP contribution >= 0.6 is 11.6 Å². The zero-order valence-electron chi connectivity index (χ0n) is 28.5. The Morgan fingerprint density at radius 1 is 0.755 bits per heavy atom. The monoisotopic (exact) mass is 731 g/mol. The molecule has 4 fully saturated rings. The molecule has 0 bridgehead atoms. The maximum Gasteiger partial charge on any atom is 0.246 e. The molecule has 4 aromatic carbocycles. The van der Waals surface area contributed by atoms with Crippen LogP contribution < -0.4 is 14.7 Å². The maximum absolute atomic E-state index is 15.3. The molecule has 2 aliphatic carbocycles. The highest BCUT2D eigenvalue weighted by molar-refractivity contribution is 6.32. The molecule has 9 nitrogen and oxygen atoms in total. The average Bonchev–Trinajstić information content (AvgIpc) is 3.57. The molecule has 3 aliphatic heterocycles. The van der Waals surface area contributed by atoms with E-state index in [2.05, 4.69) is 4.90 Å². The Morgan fingerprint density at radius 2 is 1.47 bits per heavy atom. The lowest BCUT2D eigenvalue weighted by atomic mass is 9.49. The third-order valence-corrected chi connectivity index (χ3v) is 12.2. The number of aromatic hydroxyl groups is 1. The van der Waals surface area contributed by atoms with Crippen LogP contribution in [0.3, 0.4) is 0 Å². The number of imide groups is 2. The number of rotatable bonds is 5. The van der Waals surface area contributed by atoms with Crippen LogP contribution in [0.1, 0.15) is 29.9 Å². The van der Waals surface area contributed by atoms with Crippen LogP contribution in [0.25, 0.3) is 0 Å². The summed E-state index contributed by atoms with van der Waals surface area (Å²) >= 11 is 6.37. The molecule has 0 aromatic heterocycles. The number of morpholine rings is 1. The molecule has 0 spiro atoms. The van der Waals surface area contributed by atoms with E-state index in [-0.39, 0.29) is 35.9 Å². The van der Waals surface area contributed by atoms with Gasteiger partial charge in [0.1, 0.15) is 0 Å². The summed E-state index contributed by atoms with van der Waals surface area (Å²) in [5.41, 5.74) is 1.38. The Morgan fingerprint density at radius 3 is 2.21 bits per heavy atom. The lowest BCUT2D eigenvalue weighted by Crippen LogP contribution is -2.53. The van der Waals surface area contributed by atoms with Crippen molar-refractivity contribution < 1.29 is 33.4 Å². The average molecular weight is 732 g/mol. The zero-order chi connectivity index (χ0) is 36.6. The number of hydrogen-bond donors (Lipinski definition) is 1. The number of hydrogen-bond acceptors (Lipinski definition) is 7. The molecule has 3 saturated heterocycles. The molecule has 6 atom stereocenters. The second-order valence-corrected chi connectivity index (χ2v) is 14.8. The summed E-state index contributed by atoms with van der Waals surface area (Å²) in [6.45, 7) is 2.73. The van der Waals surface area contributed by atoms with E-state index in [1.807, 2.05) is 18.2 Å². The standard InChI is InChI=1S/C42H35ClFN3O6/c43-25-8-4-9-28(22-25)47-39(50)33-23-32-29(36(31-10-5-11-34(44)37(31)48)42(33,41(47)52)24-6-2-1-3-7-24)16-17-30-35(32)40(51)46(38(30)49)27-14-12-26(13-15-27)45-18-20-53-21-19-45/h1-16,22,30,32-33,35-36,48H,17-21,23H2/t30-,32+,33-,35-,36+,42+/m0/s1. The molecular weight excluding hydrogens is 697 g/mol. The largest absolute Gasteiger partial charge is 0.505 e. The number of ether oxygens (including phenoxy) is 1. The molecule has 3 heterocycles. The SMILES string of the molecule is O=C1[C@H]2[C@H](CC=C3[C@H]2C[C@H]2C(=O)N(c4cccc(Cl)c4)C(=O)[C@@]2(c2ccccc2)[C@H]3c2cccc(F)c2O)C(=O)N1c1ccc(N2CCOCC2)cc1. The molecule has 0 unspecified atom stereocenters. The molecule has 1 saturated carbocycles. The van der Waals surface area contributed by atoms with Crippen LogP contribution in [0.4, 0.5) is 21.5 Å². The lowest BCUT2D eigenvalue weighted by Gasteiger charge is -2.50. The topological polar surface area (TPSA) is 107 Å². The van der Waals surface area contributed by atoms with Crippen LogP contribution in [0.15, 0.2) is 109 Å². The summed E-state index contributed by atoms with van der Waals surface area (Å²) in [5.74, 6) is -7.51. The van der Waals surface area contributed by atoms with Gasteiger partial charge in [-0.3, -0.25) is 24.1 Å². The van der Waals surface area contributed by atoms with Gasteiger partial charge in [0.15, 0.2) is 11.6 Å². The molecule has 4 aromatic rings. The van der Waals surface area contributed by atoms with E-state index in [1.165, 1.54) is 11.0 Å². The molecule has 53 heavy (non-hydrogen) atoms. The summed E-state index contributed by atoms with van der Waals surface area (Å²) < 4.78 is 20.8. The number of nitrogens with zero attached hydrogens (tertiary/aromatic N) is 3. The third kappa shape index (κ3) is 4.92. The van der Waals surface area contributed by atoms with Gasteiger partial charge in [-0.05, 0) is 72.9 Å². The van der Waals surface area contributed by atoms with Gasteiger partial charge in [-0.1, -0.05) is 71.8 Å². The minimum atomic E-state index is -1.62. The minimum absolute atomic E-state index is 0.0823. The summed E-state index contributed by atoms with van der Waals surface area (Å²) in [4.78, 5) is 63.5. The quantitative estimate of drug-likeness (QED) is 0.187. The number of benzene rings is 4. The first-order chi connectivity index (χ1) is 25.7. The lowest BCUT2D eigenvalue weighted by molar-refractivity contribution is -0.127. The molecule has 1 N–H and O–H groups in total. The molecule has 5 aliphatic rings. The first-order valence-corrected chi connectivity index (χ1v) is 18.3. The van der Waals surface area contributed by atoms with E-state index in [0.29, 0.717) is 35.1 Å². The van der Waals surface area contributed by atoms with Gasteiger partial charge in [-0.15, -0.1) is 0 Å². The third-order valence-electron chi connectivity index (χ3n) is 12.0. The van der Waals surface area contributed by atoms with Crippen LogP contribution in [0, 0.1) is 29.5 Å². The molecule has 9 rings (SSSR count). The summed E-state index contributed by atoms with van der Waals surface area (Å²) in [7, 11) is 0. The van der Waals surface area contributed by atoms with Crippen LogP contribution in [-0.2, 0) is 29.3 Å². The van der Waals surface area contributed by atoms with E-state index in [4.69, 9.17) is 16.3 Å². The number of carbonyl (C=O) groups excluding carboxylic acids is 4. The van der Waals surface area contributed by atoms with Gasteiger partial charge < -0.3 is 14.7 Å². The molecule has 268 valence electrons. The Kier molecular flexibility index (Phi) is 8.01. The number of amides is 4. The maximum atomic E-state index is 15.3. The minimum Gasteiger partial charge on any atom is -0.505 e. The van der Waals surface area contributed by atoms with Crippen molar-refractivity contribution in [3.63, 3.8) is 0 Å². The first-order valence-electron chi connectivity index (χ1n) is 17.9. The normalized spacial score (nSPS) is 28.2. The summed E-state index contributed by atoms with van der Waals surface area (Å²) in [6.07, 6.45) is 2.17. The van der Waals surface area contributed by atoms with Crippen molar-refractivity contribution in [2.75, 3.05) is 41.0 Å². The van der Waals surface area contributed by atoms with Crippen molar-refractivity contribution in [3.05, 3.63) is 131 Å². The predicted octanol–water partition coefficient (Wildman–Crippen LogP) is 6.39. The molecule has 11 heteroatoms. The number of para-hydroxylation sites is 1. The Balaban J connectivity index is 1.19. The Labute approximate surface area is 310 Å². The number of halogens is 2. The van der Waals surface area contributed by atoms with E-state index < -0.39 is 58.4 Å². The van der Waals surface area contributed by atoms with Gasteiger partial charge in [-0.25, -0.2) is 9.29 Å². The van der Waals surface area contributed by atoms with Gasteiger partial charge in [0.05, 0.1) is 47.8 Å². The fourth-order valence-electron chi connectivity index (χ4n) is 9.74. The Hall–Kier alpha value is -5.32. The van der Waals surface area contributed by atoms with E-state index in [9.17, 15) is 19.5 Å². The van der Waals surface area contributed by atoms with Crippen molar-refractivity contribution in [1.29, 1.82) is 0 Å². The molecular formula is C42H35ClFN3O6. The molecule has 0 radical (unpaired) electrons. The molecule has 4 amide bonds. The van der Waals surface area contributed by atoms with E-state index in [1.54, 1.807) is 72.8 Å². The number of allylic oxidation sites excluding steroid dienone is 2. The first kappa shape index (κ1) is 33.5. The van der Waals surface area contributed by atoms with E-state index >= 15 is 9.18 Å². The second-order valence-electron chi connectivity index (χ2n) is 14.4. The fourth-order valence-corrected chi connectivity index (χ4v) is 9.93. The highest BCUT2D eigenvalue weighted by atomic mass is 35.5. The predicted molar refractivity (Wildman–Crippen MR) is 196 cm³/mol. The van der Waals surface area contributed by atoms with Crippen LogP contribution in [0.5, 0.6) is 5.75 Å². The van der Waals surface area contributed by atoms with Gasteiger partial charge >= 0.3 is 0 Å². The van der Waals surface area contributed by atoms with Gasteiger partial charge in [-0.2, -0.15) is 0 Å². The van der Waals surface area contributed by atoms with Crippen LogP contribution in [-0.4, -0.2) is 55.0 Å². The van der Waals surface area contributed by atoms with Gasteiger partial charge in [0.25, 0.3) is 0 Å². The summed E-state index contributed by atoms with van der Waals surface area (Å²) in [6, 6.07) is 27.0. The Bertz CT molecular complexity index is 2210. The highest BCUT2D eigenvalue weighted by Gasteiger charge is 2.70. The fraction of sp³-hybridized carbons (Fsp3) is 0.286. The van der Waals surface area contributed by atoms with Crippen LogP contribution in [0.2, 0.25) is 5.02 Å². The van der Waals surface area contributed by atoms with Crippen molar-refractivity contribution in [1.82, 2.24) is 0 Å². The smallest absolute Gasteiger partial charge is 0.246 e. The van der Waals surface area contributed by atoms with Crippen molar-refractivity contribution in [2.45, 2.75) is 24.2 Å². The highest BCUT2D eigenvalue weighted by Crippen LogP contribution is 2.65. The second kappa shape index (κ2) is 12.7. The van der Waals surface area contributed by atoms with E-state index in [0.717, 1.165) is 29.7 Å². The number of phenolic OH excluding ortho intramolecular Hbond substituents is 1. The summed E-state index contributed by atoms with van der Waals surface area (Å²) in [5, 5.41) is 11.7. The number of phenols is 1. The van der Waals surface area contributed by atoms with Crippen molar-refractivity contribution in [2.24, 2.45) is 23.7 Å².